The molecule has 0 fully saturated rings. The number of carboxylic acids is 1. The van der Waals surface area contributed by atoms with Crippen molar-refractivity contribution in [3.8, 4) is 29.5 Å². The van der Waals surface area contributed by atoms with Crippen LogP contribution in [0.2, 0.25) is 0 Å². The standard InChI is InChI=1S/C24H22N10O8/c25-10-11-4-5-14(9-15(11)19(27)36)41-21-18(34(39)40)20(31-16(22(37)38)6-7-17(26)35)32-24(33-21)42-13-3-1-2-12(8-13)30-23(28)29/h1-5,8-9,16H,6-7H2,(H2,26,35)(H2,27,36)(H,37,38)(H4,28,29,30)(H,31,32,33). The van der Waals surface area contributed by atoms with Crippen LogP contribution >= 0.6 is 0 Å². The summed E-state index contributed by atoms with van der Waals surface area (Å²) in [5.74, 6) is -5.01. The number of carboxylic acid groups (broad SMARTS) is 1. The van der Waals surface area contributed by atoms with Gasteiger partial charge in [-0.05, 0) is 36.8 Å². The third-order valence-electron chi connectivity index (χ3n) is 5.18. The molecule has 0 aliphatic heterocycles. The van der Waals surface area contributed by atoms with Crippen molar-refractivity contribution in [2.75, 3.05) is 5.32 Å². The number of aliphatic imine (C=N–C) groups is 1. The Balaban J connectivity index is 2.16. The van der Waals surface area contributed by atoms with Gasteiger partial charge in [0, 0.05) is 12.5 Å². The number of aromatic nitrogens is 2. The third-order valence-corrected chi connectivity index (χ3v) is 5.18. The monoisotopic (exact) mass is 578 g/mol. The van der Waals surface area contributed by atoms with Gasteiger partial charge in [-0.3, -0.25) is 19.7 Å². The van der Waals surface area contributed by atoms with Gasteiger partial charge in [0.25, 0.3) is 0 Å². The van der Waals surface area contributed by atoms with E-state index in [0.717, 1.165) is 6.07 Å². The molecule has 0 saturated heterocycles. The summed E-state index contributed by atoms with van der Waals surface area (Å²) in [5, 5.41) is 33.4. The summed E-state index contributed by atoms with van der Waals surface area (Å²) in [7, 11) is 0. The maximum atomic E-state index is 12.1. The van der Waals surface area contributed by atoms with Gasteiger partial charge in [0.1, 0.15) is 17.5 Å². The second-order valence-electron chi connectivity index (χ2n) is 8.23. The molecule has 3 aromatic rings. The molecule has 1 unspecified atom stereocenters. The highest BCUT2D eigenvalue weighted by atomic mass is 16.6. The van der Waals surface area contributed by atoms with Gasteiger partial charge in [-0.15, -0.1) is 0 Å². The van der Waals surface area contributed by atoms with Crippen molar-refractivity contribution in [3.05, 3.63) is 63.7 Å². The maximum Gasteiger partial charge on any atom is 0.373 e. The van der Waals surface area contributed by atoms with E-state index in [2.05, 4.69) is 20.3 Å². The summed E-state index contributed by atoms with van der Waals surface area (Å²) >= 11 is 0. The number of nitriles is 1. The number of carbonyl (C=O) groups excluding carboxylic acids is 2. The molecule has 1 heterocycles. The van der Waals surface area contributed by atoms with Gasteiger partial charge < -0.3 is 42.8 Å². The second kappa shape index (κ2) is 13.0. The second-order valence-corrected chi connectivity index (χ2v) is 8.23. The van der Waals surface area contributed by atoms with Crippen LogP contribution in [-0.2, 0) is 9.59 Å². The Morgan fingerprint density at radius 1 is 1.10 bits per heavy atom. The van der Waals surface area contributed by atoms with Gasteiger partial charge in [-0.2, -0.15) is 15.2 Å². The number of amides is 2. The van der Waals surface area contributed by atoms with E-state index in [0.29, 0.717) is 0 Å². The van der Waals surface area contributed by atoms with E-state index in [1.807, 2.05) is 0 Å². The van der Waals surface area contributed by atoms with Crippen LogP contribution in [0.15, 0.2) is 47.5 Å². The molecule has 42 heavy (non-hydrogen) atoms. The van der Waals surface area contributed by atoms with E-state index in [9.17, 15) is 34.9 Å². The number of ether oxygens (including phenoxy) is 2. The van der Waals surface area contributed by atoms with Crippen LogP contribution in [0.3, 0.4) is 0 Å². The zero-order valence-electron chi connectivity index (χ0n) is 21.4. The molecule has 3 rings (SSSR count). The van der Waals surface area contributed by atoms with Crippen molar-refractivity contribution in [1.29, 1.82) is 5.26 Å². The zero-order valence-corrected chi connectivity index (χ0v) is 21.4. The van der Waals surface area contributed by atoms with Gasteiger partial charge in [-0.1, -0.05) is 6.07 Å². The van der Waals surface area contributed by atoms with Gasteiger partial charge in [-0.25, -0.2) is 9.79 Å². The number of primary amides is 2. The van der Waals surface area contributed by atoms with Gasteiger partial charge in [0.05, 0.1) is 27.8 Å². The number of carbonyl (C=O) groups is 3. The van der Waals surface area contributed by atoms with E-state index in [4.69, 9.17) is 32.4 Å². The molecular weight excluding hydrogens is 556 g/mol. The van der Waals surface area contributed by atoms with Gasteiger partial charge in [0.2, 0.25) is 17.6 Å². The molecule has 1 aromatic heterocycles. The molecule has 2 amide bonds. The first-order chi connectivity index (χ1) is 19.9. The molecule has 10 N–H and O–H groups in total. The fourth-order valence-electron chi connectivity index (χ4n) is 3.38. The first-order valence-electron chi connectivity index (χ1n) is 11.6. The largest absolute Gasteiger partial charge is 0.480 e. The molecule has 0 aliphatic carbocycles. The first kappa shape index (κ1) is 30.0. The summed E-state index contributed by atoms with van der Waals surface area (Å²) in [6.45, 7) is 0. The van der Waals surface area contributed by atoms with E-state index in [1.165, 1.54) is 30.3 Å². The van der Waals surface area contributed by atoms with E-state index in [-0.39, 0.29) is 47.1 Å². The predicted octanol–water partition coefficient (Wildman–Crippen LogP) is 0.975. The van der Waals surface area contributed by atoms with Crippen molar-refractivity contribution in [2.45, 2.75) is 18.9 Å². The molecule has 0 radical (unpaired) electrons. The fraction of sp³-hybridized carbons (Fsp3) is 0.125. The number of nitrogens with zero attached hydrogens (tertiary/aromatic N) is 5. The molecular formula is C24H22N10O8. The number of rotatable bonds is 13. The Labute approximate surface area is 235 Å². The van der Waals surface area contributed by atoms with Crippen molar-refractivity contribution < 1.29 is 33.9 Å². The Morgan fingerprint density at radius 2 is 1.81 bits per heavy atom. The van der Waals surface area contributed by atoms with Crippen LogP contribution in [0.4, 0.5) is 17.2 Å². The maximum absolute atomic E-state index is 12.1. The lowest BCUT2D eigenvalue weighted by molar-refractivity contribution is -0.385. The third kappa shape index (κ3) is 7.76. The summed E-state index contributed by atoms with van der Waals surface area (Å²) in [4.78, 5) is 57.8. The average molecular weight is 579 g/mol. The van der Waals surface area contributed by atoms with Crippen LogP contribution in [0.25, 0.3) is 0 Å². The lowest BCUT2D eigenvalue weighted by atomic mass is 10.1. The van der Waals surface area contributed by atoms with E-state index < -0.39 is 52.1 Å². The Bertz CT molecular complexity index is 1630. The minimum absolute atomic E-state index is 0.0705. The lowest BCUT2D eigenvalue weighted by Crippen LogP contribution is -2.31. The molecule has 2 aromatic carbocycles. The molecule has 0 aliphatic rings. The molecule has 18 heteroatoms. The Hall–Kier alpha value is -6.51. The summed E-state index contributed by atoms with van der Waals surface area (Å²) in [6, 6.07) is 9.03. The Morgan fingerprint density at radius 3 is 2.40 bits per heavy atom. The zero-order chi connectivity index (χ0) is 31.0. The number of guanidine groups is 1. The van der Waals surface area contributed by atoms with Crippen molar-refractivity contribution in [2.24, 2.45) is 27.9 Å². The van der Waals surface area contributed by atoms with Crippen molar-refractivity contribution in [1.82, 2.24) is 9.97 Å². The Kier molecular flexibility index (Phi) is 9.32. The number of nitrogens with one attached hydrogen (secondary N) is 1. The van der Waals surface area contributed by atoms with E-state index in [1.54, 1.807) is 12.1 Å². The number of benzene rings is 2. The SMILES string of the molecule is N#Cc1ccc(Oc2nc(Oc3cccc(N=C(N)N)c3)nc(NC(CCC(N)=O)C(=O)O)c2[N+](=O)[O-])cc1C(N)=O. The number of aliphatic carboxylic acids is 1. The normalized spacial score (nSPS) is 10.9. The molecule has 1 atom stereocenters. The topological polar surface area (TPSA) is 311 Å². The van der Waals surface area contributed by atoms with Crippen LogP contribution in [0.1, 0.15) is 28.8 Å². The average Bonchev–Trinajstić information content (AvgIpc) is 2.90. The minimum atomic E-state index is -1.56. The number of nitrogens with two attached hydrogens (primary N) is 4. The van der Waals surface area contributed by atoms with Crippen LogP contribution in [0.5, 0.6) is 23.4 Å². The number of hydrogen-bond donors (Lipinski definition) is 6. The molecule has 0 spiro atoms. The summed E-state index contributed by atoms with van der Waals surface area (Å²) in [6.07, 6.45) is -0.718. The molecule has 0 saturated carbocycles. The number of anilines is 1. The quantitative estimate of drug-likeness (QED) is 0.0712. The lowest BCUT2D eigenvalue weighted by Gasteiger charge is -2.16. The fourth-order valence-corrected chi connectivity index (χ4v) is 3.38. The first-order valence-corrected chi connectivity index (χ1v) is 11.6. The highest BCUT2D eigenvalue weighted by molar-refractivity contribution is 5.95. The highest BCUT2D eigenvalue weighted by Gasteiger charge is 2.31. The van der Waals surface area contributed by atoms with Crippen molar-refractivity contribution >= 4 is 40.9 Å². The highest BCUT2D eigenvalue weighted by Crippen LogP contribution is 2.38. The molecule has 18 nitrogen and oxygen atoms in total. The summed E-state index contributed by atoms with van der Waals surface area (Å²) < 4.78 is 11.2. The van der Waals surface area contributed by atoms with E-state index >= 15 is 0 Å². The number of hydrogen-bond acceptors (Lipinski definition) is 12. The van der Waals surface area contributed by atoms with Crippen LogP contribution in [-0.4, -0.2) is 49.8 Å². The van der Waals surface area contributed by atoms with Gasteiger partial charge in [0.15, 0.2) is 5.96 Å². The minimum Gasteiger partial charge on any atom is -0.480 e. The van der Waals surface area contributed by atoms with Gasteiger partial charge >= 0.3 is 23.5 Å². The smallest absolute Gasteiger partial charge is 0.373 e. The molecule has 216 valence electrons. The van der Waals surface area contributed by atoms with Crippen molar-refractivity contribution in [3.63, 3.8) is 0 Å². The number of nitro groups is 1. The van der Waals surface area contributed by atoms with Crippen LogP contribution in [0, 0.1) is 21.4 Å². The predicted molar refractivity (Wildman–Crippen MR) is 144 cm³/mol. The van der Waals surface area contributed by atoms with Crippen LogP contribution < -0.4 is 37.7 Å². The summed E-state index contributed by atoms with van der Waals surface area (Å²) in [5.41, 5.74) is 20.3. The molecule has 0 bridgehead atoms.